The minimum absolute atomic E-state index is 0.0716. The quantitative estimate of drug-likeness (QED) is 0.839. The second kappa shape index (κ2) is 6.28. The summed E-state index contributed by atoms with van der Waals surface area (Å²) in [5.74, 6) is 0.265. The molecule has 3 rings (SSSR count). The molecule has 2 aliphatic rings. The van der Waals surface area contributed by atoms with Gasteiger partial charge < -0.3 is 14.4 Å². The maximum atomic E-state index is 12.5. The number of ether oxygens (including phenoxy) is 2. The number of rotatable bonds is 3. The number of carbonyl (C=O) groups is 3. The van der Waals surface area contributed by atoms with Gasteiger partial charge in [-0.3, -0.25) is 9.59 Å². The smallest absolute Gasteiger partial charge is 0.417 e. The van der Waals surface area contributed by atoms with Crippen molar-refractivity contribution in [1.82, 2.24) is 9.80 Å². The van der Waals surface area contributed by atoms with E-state index < -0.39 is 6.09 Å². The molecule has 0 atom stereocenters. The second-order valence-corrected chi connectivity index (χ2v) is 5.57. The monoisotopic (exact) mass is 318 g/mol. The van der Waals surface area contributed by atoms with Crippen LogP contribution in [0, 0.1) is 0 Å². The average Bonchev–Trinajstić information content (AvgIpc) is 2.93. The molecule has 1 aromatic carbocycles. The summed E-state index contributed by atoms with van der Waals surface area (Å²) < 4.78 is 9.88. The van der Waals surface area contributed by atoms with E-state index in [1.165, 1.54) is 4.90 Å². The first kappa shape index (κ1) is 15.3. The number of nitrogens with zero attached hydrogens (tertiary/aromatic N) is 2. The van der Waals surface area contributed by atoms with Gasteiger partial charge in [0, 0.05) is 24.7 Å². The minimum Gasteiger partial charge on any atom is -0.497 e. The first-order valence-corrected chi connectivity index (χ1v) is 7.52. The van der Waals surface area contributed by atoms with E-state index in [2.05, 4.69) is 0 Å². The molecule has 2 saturated heterocycles. The molecule has 2 heterocycles. The molecule has 0 spiro atoms. The fourth-order valence-electron chi connectivity index (χ4n) is 2.98. The Kier molecular flexibility index (Phi) is 4.18. The van der Waals surface area contributed by atoms with E-state index in [1.54, 1.807) is 36.3 Å². The van der Waals surface area contributed by atoms with Gasteiger partial charge in [0.25, 0.3) is 11.8 Å². The summed E-state index contributed by atoms with van der Waals surface area (Å²) in [6, 6.07) is 6.83. The number of hydrogen-bond donors (Lipinski definition) is 0. The zero-order valence-electron chi connectivity index (χ0n) is 12.9. The Hall–Kier alpha value is -2.57. The van der Waals surface area contributed by atoms with Crippen LogP contribution in [0.15, 0.2) is 24.3 Å². The molecule has 7 heteroatoms. The van der Waals surface area contributed by atoms with Gasteiger partial charge in [-0.2, -0.15) is 0 Å². The van der Waals surface area contributed by atoms with E-state index in [4.69, 9.17) is 9.47 Å². The van der Waals surface area contributed by atoms with Gasteiger partial charge in [-0.15, -0.1) is 0 Å². The molecule has 3 amide bonds. The number of benzene rings is 1. The third kappa shape index (κ3) is 2.99. The molecule has 0 saturated carbocycles. The van der Waals surface area contributed by atoms with Crippen molar-refractivity contribution in [3.63, 3.8) is 0 Å². The fraction of sp³-hybridized carbons (Fsp3) is 0.438. The molecule has 0 N–H and O–H groups in total. The highest BCUT2D eigenvalue weighted by atomic mass is 16.6. The standard InChI is InChI=1S/C16H18N2O5/c1-22-13-4-2-3-11(9-13)15(20)17-7-5-12(6-8-17)18-14(19)10-23-16(18)21/h2-4,9,12H,5-8,10H2,1H3. The molecule has 122 valence electrons. The van der Waals surface area contributed by atoms with E-state index in [-0.39, 0.29) is 24.5 Å². The molecule has 23 heavy (non-hydrogen) atoms. The van der Waals surface area contributed by atoms with Crippen molar-refractivity contribution in [3.8, 4) is 5.75 Å². The Morgan fingerprint density at radius 2 is 2.00 bits per heavy atom. The number of piperidine rings is 1. The third-order valence-electron chi connectivity index (χ3n) is 4.22. The summed E-state index contributed by atoms with van der Waals surface area (Å²) >= 11 is 0. The predicted molar refractivity (Wildman–Crippen MR) is 80.1 cm³/mol. The summed E-state index contributed by atoms with van der Waals surface area (Å²) in [5.41, 5.74) is 0.569. The molecule has 0 bridgehead atoms. The first-order valence-electron chi connectivity index (χ1n) is 7.52. The lowest BCUT2D eigenvalue weighted by atomic mass is 10.0. The normalized spacial score (nSPS) is 19.0. The summed E-state index contributed by atoms with van der Waals surface area (Å²) in [4.78, 5) is 38.7. The Morgan fingerprint density at radius 1 is 1.26 bits per heavy atom. The molecule has 0 unspecified atom stereocenters. The highest BCUT2D eigenvalue weighted by Crippen LogP contribution is 2.22. The van der Waals surface area contributed by atoms with Gasteiger partial charge in [0.05, 0.1) is 7.11 Å². The number of carbonyl (C=O) groups excluding carboxylic acids is 3. The number of hydrogen-bond acceptors (Lipinski definition) is 5. The van der Waals surface area contributed by atoms with Gasteiger partial charge in [0.1, 0.15) is 5.75 Å². The number of methoxy groups -OCH3 is 1. The van der Waals surface area contributed by atoms with Crippen LogP contribution in [0.3, 0.4) is 0 Å². The molecule has 7 nitrogen and oxygen atoms in total. The Balaban J connectivity index is 1.63. The third-order valence-corrected chi connectivity index (χ3v) is 4.22. The molecule has 0 aromatic heterocycles. The lowest BCUT2D eigenvalue weighted by Gasteiger charge is -2.34. The highest BCUT2D eigenvalue weighted by Gasteiger charge is 2.39. The van der Waals surface area contributed by atoms with Crippen molar-refractivity contribution in [2.75, 3.05) is 26.8 Å². The Labute approximate surface area is 133 Å². The van der Waals surface area contributed by atoms with E-state index in [9.17, 15) is 14.4 Å². The van der Waals surface area contributed by atoms with Crippen LogP contribution in [-0.4, -0.2) is 60.6 Å². The zero-order chi connectivity index (χ0) is 16.4. The van der Waals surface area contributed by atoms with Crippen LogP contribution >= 0.6 is 0 Å². The Morgan fingerprint density at radius 3 is 2.61 bits per heavy atom. The largest absolute Gasteiger partial charge is 0.497 e. The van der Waals surface area contributed by atoms with Crippen LogP contribution in [0.2, 0.25) is 0 Å². The summed E-state index contributed by atoms with van der Waals surface area (Å²) in [5, 5.41) is 0. The molecule has 1 aromatic rings. The zero-order valence-corrected chi connectivity index (χ0v) is 12.9. The number of amides is 3. The van der Waals surface area contributed by atoms with Crippen molar-refractivity contribution in [2.45, 2.75) is 18.9 Å². The van der Waals surface area contributed by atoms with Gasteiger partial charge in [-0.05, 0) is 31.0 Å². The molecular formula is C16H18N2O5. The van der Waals surface area contributed by atoms with E-state index in [0.717, 1.165) is 0 Å². The van der Waals surface area contributed by atoms with Crippen LogP contribution in [0.5, 0.6) is 5.75 Å². The van der Waals surface area contributed by atoms with Crippen LogP contribution in [0.4, 0.5) is 4.79 Å². The second-order valence-electron chi connectivity index (χ2n) is 5.57. The van der Waals surface area contributed by atoms with Gasteiger partial charge in [0.2, 0.25) is 0 Å². The SMILES string of the molecule is COc1cccc(C(=O)N2CCC(N3C(=O)COC3=O)CC2)c1. The molecule has 2 fully saturated rings. The lowest BCUT2D eigenvalue weighted by molar-refractivity contribution is -0.127. The van der Waals surface area contributed by atoms with Gasteiger partial charge in [0.15, 0.2) is 6.61 Å². The lowest BCUT2D eigenvalue weighted by Crippen LogP contribution is -2.48. The number of likely N-dealkylation sites (tertiary alicyclic amines) is 1. The average molecular weight is 318 g/mol. The molecule has 0 radical (unpaired) electrons. The predicted octanol–water partition coefficient (Wildman–Crippen LogP) is 1.28. The van der Waals surface area contributed by atoms with Crippen molar-refractivity contribution in [2.24, 2.45) is 0 Å². The maximum Gasteiger partial charge on any atom is 0.417 e. The van der Waals surface area contributed by atoms with Crippen LogP contribution in [-0.2, 0) is 9.53 Å². The van der Waals surface area contributed by atoms with Crippen molar-refractivity contribution < 1.29 is 23.9 Å². The number of imide groups is 1. The van der Waals surface area contributed by atoms with Crippen LogP contribution in [0.1, 0.15) is 23.2 Å². The molecule has 2 aliphatic heterocycles. The summed E-state index contributed by atoms with van der Waals surface area (Å²) in [6.07, 6.45) is 0.556. The van der Waals surface area contributed by atoms with Gasteiger partial charge >= 0.3 is 6.09 Å². The van der Waals surface area contributed by atoms with E-state index in [0.29, 0.717) is 37.2 Å². The van der Waals surface area contributed by atoms with E-state index in [1.807, 2.05) is 0 Å². The van der Waals surface area contributed by atoms with Gasteiger partial charge in [-0.25, -0.2) is 9.69 Å². The summed E-state index contributed by atoms with van der Waals surface area (Å²) in [7, 11) is 1.56. The van der Waals surface area contributed by atoms with Crippen molar-refractivity contribution in [1.29, 1.82) is 0 Å². The number of cyclic esters (lactones) is 1. The minimum atomic E-state index is -0.576. The maximum absolute atomic E-state index is 12.5. The topological polar surface area (TPSA) is 76.2 Å². The summed E-state index contributed by atoms with van der Waals surface area (Å²) in [6.45, 7) is 0.817. The van der Waals surface area contributed by atoms with Gasteiger partial charge in [-0.1, -0.05) is 6.07 Å². The van der Waals surface area contributed by atoms with Crippen LogP contribution < -0.4 is 4.74 Å². The van der Waals surface area contributed by atoms with Crippen molar-refractivity contribution >= 4 is 17.9 Å². The van der Waals surface area contributed by atoms with E-state index >= 15 is 0 Å². The molecular weight excluding hydrogens is 300 g/mol. The fourth-order valence-corrected chi connectivity index (χ4v) is 2.98. The Bertz CT molecular complexity index is 621. The highest BCUT2D eigenvalue weighted by molar-refractivity contribution is 5.98. The van der Waals surface area contributed by atoms with Crippen LogP contribution in [0.25, 0.3) is 0 Å². The first-order chi connectivity index (χ1) is 11.1. The van der Waals surface area contributed by atoms with Crippen molar-refractivity contribution in [3.05, 3.63) is 29.8 Å². The molecule has 0 aliphatic carbocycles.